The molecule has 4 atom stereocenters. The number of ether oxygens (including phenoxy) is 1. The van der Waals surface area contributed by atoms with Crippen molar-refractivity contribution >= 4 is 63.7 Å². The first-order valence-corrected chi connectivity index (χ1v) is 11.8. The molecule has 0 radical (unpaired) electrons. The topological polar surface area (TPSA) is 53.7 Å². The van der Waals surface area contributed by atoms with Crippen LogP contribution in [-0.4, -0.2) is 22.6 Å². The summed E-state index contributed by atoms with van der Waals surface area (Å²) in [6, 6.07) is 14.5. The van der Waals surface area contributed by atoms with Gasteiger partial charge in [0.2, 0.25) is 0 Å². The van der Waals surface area contributed by atoms with Gasteiger partial charge < -0.3 is 15.4 Å². The summed E-state index contributed by atoms with van der Waals surface area (Å²) in [5.74, 6) is -2.17. The number of nitrogens with one attached hydrogen (secondary N) is 2. The third kappa shape index (κ3) is 4.58. The Kier molecular flexibility index (Phi) is 6.15. The Morgan fingerprint density at radius 3 is 2.32 bits per heavy atom. The van der Waals surface area contributed by atoms with E-state index in [0.29, 0.717) is 21.4 Å². The maximum atomic E-state index is 14.3. The number of carbonyl (C=O) groups excluding carboxylic acids is 1. The third-order valence-electron chi connectivity index (χ3n) is 5.91. The molecule has 34 heavy (non-hydrogen) atoms. The van der Waals surface area contributed by atoms with E-state index in [1.54, 1.807) is 12.1 Å². The molecule has 5 rings (SSSR count). The van der Waals surface area contributed by atoms with Gasteiger partial charge >= 0.3 is 0 Å². The number of alkyl halides is 2. The molecule has 1 aliphatic carbocycles. The van der Waals surface area contributed by atoms with Crippen molar-refractivity contribution in [3.63, 3.8) is 0 Å². The van der Waals surface area contributed by atoms with Crippen LogP contribution in [0.5, 0.6) is 0 Å². The van der Waals surface area contributed by atoms with E-state index in [2.05, 4.69) is 10.6 Å². The first-order valence-electron chi connectivity index (χ1n) is 10.3. The standard InChI is InChI=1S/C24H16Cl4F2N2O2/c25-16-7-1-11(9-17(16)26)19-20(24(19,27)28)21-23(34-21)32-14-6-8-18(30)15(10-14)22(33)31-13-4-2-12(29)3-5-13/h1-10,19-21,23,32H,(H,31,33). The predicted molar refractivity (Wildman–Crippen MR) is 130 cm³/mol. The number of anilines is 2. The van der Waals surface area contributed by atoms with E-state index in [4.69, 9.17) is 51.1 Å². The van der Waals surface area contributed by atoms with Gasteiger partial charge in [0, 0.05) is 23.2 Å². The van der Waals surface area contributed by atoms with Gasteiger partial charge in [-0.05, 0) is 60.2 Å². The molecule has 176 valence electrons. The summed E-state index contributed by atoms with van der Waals surface area (Å²) in [5, 5.41) is 6.53. The molecule has 4 unspecified atom stereocenters. The van der Waals surface area contributed by atoms with Crippen molar-refractivity contribution < 1.29 is 18.3 Å². The molecular formula is C24H16Cl4F2N2O2. The average Bonchev–Trinajstić information content (AvgIpc) is 3.67. The van der Waals surface area contributed by atoms with Crippen LogP contribution >= 0.6 is 46.4 Å². The van der Waals surface area contributed by atoms with Crippen LogP contribution in [0.3, 0.4) is 0 Å². The fraction of sp³-hybridized carbons (Fsp3) is 0.208. The number of benzene rings is 3. The maximum Gasteiger partial charge on any atom is 0.258 e. The lowest BCUT2D eigenvalue weighted by Crippen LogP contribution is -2.15. The lowest BCUT2D eigenvalue weighted by atomic mass is 10.1. The second kappa shape index (κ2) is 8.85. The highest BCUT2D eigenvalue weighted by Gasteiger charge is 2.72. The van der Waals surface area contributed by atoms with Gasteiger partial charge in [0.15, 0.2) is 6.23 Å². The smallest absolute Gasteiger partial charge is 0.258 e. The summed E-state index contributed by atoms with van der Waals surface area (Å²) in [6.45, 7) is 0. The zero-order valence-electron chi connectivity index (χ0n) is 17.2. The van der Waals surface area contributed by atoms with E-state index in [0.717, 1.165) is 5.56 Å². The van der Waals surface area contributed by atoms with Crippen LogP contribution in [0.2, 0.25) is 10.0 Å². The molecule has 0 spiro atoms. The van der Waals surface area contributed by atoms with E-state index in [9.17, 15) is 13.6 Å². The number of amides is 1. The molecule has 3 aromatic carbocycles. The minimum Gasteiger partial charge on any atom is -0.358 e. The van der Waals surface area contributed by atoms with Gasteiger partial charge in [0.1, 0.15) is 22.1 Å². The molecule has 1 saturated heterocycles. The van der Waals surface area contributed by atoms with Crippen molar-refractivity contribution in [2.24, 2.45) is 5.92 Å². The van der Waals surface area contributed by atoms with Gasteiger partial charge in [-0.25, -0.2) is 8.78 Å². The van der Waals surface area contributed by atoms with E-state index in [1.807, 2.05) is 6.07 Å². The van der Waals surface area contributed by atoms with Gasteiger partial charge in [0.25, 0.3) is 5.91 Å². The Labute approximate surface area is 214 Å². The molecule has 1 amide bonds. The molecule has 1 saturated carbocycles. The van der Waals surface area contributed by atoms with E-state index < -0.39 is 28.1 Å². The Morgan fingerprint density at radius 1 is 0.912 bits per heavy atom. The summed E-state index contributed by atoms with van der Waals surface area (Å²) < 4.78 is 32.1. The van der Waals surface area contributed by atoms with Crippen LogP contribution in [0.25, 0.3) is 0 Å². The number of carbonyl (C=O) groups is 1. The summed E-state index contributed by atoms with van der Waals surface area (Å²) in [4.78, 5) is 12.5. The molecule has 0 aromatic heterocycles. The average molecular weight is 544 g/mol. The predicted octanol–water partition coefficient (Wildman–Crippen LogP) is 7.25. The molecule has 4 nitrogen and oxygen atoms in total. The maximum absolute atomic E-state index is 14.3. The van der Waals surface area contributed by atoms with Crippen molar-refractivity contribution in [1.29, 1.82) is 0 Å². The quantitative estimate of drug-likeness (QED) is 0.254. The Balaban J connectivity index is 1.26. The SMILES string of the molecule is O=C(Nc1ccc(F)cc1)c1cc(NC2OC2C2C(c3ccc(Cl)c(Cl)c3)C2(Cl)Cl)ccc1F. The van der Waals surface area contributed by atoms with Gasteiger partial charge in [-0.1, -0.05) is 29.3 Å². The molecule has 10 heteroatoms. The largest absolute Gasteiger partial charge is 0.358 e. The summed E-state index contributed by atoms with van der Waals surface area (Å²) >= 11 is 25.2. The zero-order chi connectivity index (χ0) is 24.2. The van der Waals surface area contributed by atoms with E-state index in [1.165, 1.54) is 42.5 Å². The number of rotatable bonds is 6. The first kappa shape index (κ1) is 23.6. The Morgan fingerprint density at radius 2 is 1.62 bits per heavy atom. The summed E-state index contributed by atoms with van der Waals surface area (Å²) in [5.41, 5.74) is 1.52. The fourth-order valence-electron chi connectivity index (χ4n) is 4.09. The highest BCUT2D eigenvalue weighted by molar-refractivity contribution is 6.52. The molecule has 3 aromatic rings. The van der Waals surface area contributed by atoms with Crippen LogP contribution in [-0.2, 0) is 4.74 Å². The van der Waals surface area contributed by atoms with Gasteiger partial charge in [-0.3, -0.25) is 4.79 Å². The highest BCUT2D eigenvalue weighted by Crippen LogP contribution is 2.69. The van der Waals surface area contributed by atoms with Crippen LogP contribution in [0.15, 0.2) is 60.7 Å². The fourth-order valence-corrected chi connectivity index (χ4v) is 5.30. The van der Waals surface area contributed by atoms with Crippen molar-refractivity contribution in [2.75, 3.05) is 10.6 Å². The number of halogens is 6. The van der Waals surface area contributed by atoms with Gasteiger partial charge in [-0.2, -0.15) is 0 Å². The molecule has 2 aliphatic rings. The monoisotopic (exact) mass is 542 g/mol. The summed E-state index contributed by atoms with van der Waals surface area (Å²) in [6.07, 6.45) is -0.691. The lowest BCUT2D eigenvalue weighted by molar-refractivity contribution is 0.102. The van der Waals surface area contributed by atoms with E-state index >= 15 is 0 Å². The second-order valence-electron chi connectivity index (χ2n) is 8.17. The molecule has 1 heterocycles. The van der Waals surface area contributed by atoms with Crippen LogP contribution in [0, 0.1) is 17.6 Å². The van der Waals surface area contributed by atoms with Crippen molar-refractivity contribution in [2.45, 2.75) is 22.6 Å². The van der Waals surface area contributed by atoms with Gasteiger partial charge in [0.05, 0.1) is 15.6 Å². The highest BCUT2D eigenvalue weighted by atomic mass is 35.5. The normalized spacial score (nSPS) is 24.4. The molecule has 2 N–H and O–H groups in total. The molecule has 2 fully saturated rings. The zero-order valence-corrected chi connectivity index (χ0v) is 20.2. The Hall–Kier alpha value is -2.09. The molecular weight excluding hydrogens is 528 g/mol. The van der Waals surface area contributed by atoms with Crippen molar-refractivity contribution in [3.05, 3.63) is 93.5 Å². The third-order valence-corrected chi connectivity index (χ3v) is 7.63. The molecule has 1 aliphatic heterocycles. The minimum absolute atomic E-state index is 0.171. The van der Waals surface area contributed by atoms with Crippen molar-refractivity contribution in [3.8, 4) is 0 Å². The Bertz CT molecular complexity index is 1270. The van der Waals surface area contributed by atoms with E-state index in [-0.39, 0.29) is 23.5 Å². The van der Waals surface area contributed by atoms with Crippen molar-refractivity contribution in [1.82, 2.24) is 0 Å². The second-order valence-corrected chi connectivity index (χ2v) is 10.4. The molecule has 0 bridgehead atoms. The van der Waals surface area contributed by atoms with Crippen LogP contribution < -0.4 is 10.6 Å². The first-order chi connectivity index (χ1) is 16.1. The minimum atomic E-state index is -1.03. The number of hydrogen-bond donors (Lipinski definition) is 2. The number of epoxide rings is 1. The van der Waals surface area contributed by atoms with Crippen LogP contribution in [0.4, 0.5) is 20.2 Å². The lowest BCUT2D eigenvalue weighted by Gasteiger charge is -2.09. The van der Waals surface area contributed by atoms with Crippen LogP contribution in [0.1, 0.15) is 21.8 Å². The number of hydrogen-bond acceptors (Lipinski definition) is 3. The van der Waals surface area contributed by atoms with Gasteiger partial charge in [-0.15, -0.1) is 23.2 Å². The summed E-state index contributed by atoms with van der Waals surface area (Å²) in [7, 11) is 0.